The zero-order valence-corrected chi connectivity index (χ0v) is 23.1. The molecule has 14 heteroatoms. The van der Waals surface area contributed by atoms with Crippen LogP contribution in [0.4, 0.5) is 11.4 Å². The van der Waals surface area contributed by atoms with Gasteiger partial charge in [-0.25, -0.2) is 8.42 Å². The van der Waals surface area contributed by atoms with Crippen molar-refractivity contribution >= 4 is 54.7 Å². The second-order valence-corrected chi connectivity index (χ2v) is 13.3. The maximum absolute atomic E-state index is 14.2. The molecular weight excluding hydrogens is 546 g/mol. The molecule has 5 N–H and O–H groups in total. The molecule has 0 fully saturated rings. The van der Waals surface area contributed by atoms with Crippen molar-refractivity contribution in [3.63, 3.8) is 0 Å². The van der Waals surface area contributed by atoms with Crippen molar-refractivity contribution in [1.82, 2.24) is 5.32 Å². The molecule has 208 valence electrons. The molecule has 4 rings (SSSR count). The summed E-state index contributed by atoms with van der Waals surface area (Å²) in [7, 11) is -8.14. The molecule has 0 spiro atoms. The van der Waals surface area contributed by atoms with Gasteiger partial charge in [0.05, 0.1) is 18.5 Å². The Morgan fingerprint density at radius 3 is 2.51 bits per heavy atom. The average molecular weight is 576 g/mol. The molecule has 2 unspecified atom stereocenters. The molecule has 1 aliphatic heterocycles. The van der Waals surface area contributed by atoms with E-state index in [4.69, 9.17) is 5.73 Å². The lowest BCUT2D eigenvalue weighted by Gasteiger charge is -2.41. The number of ketones is 2. The number of nitrogens with zero attached hydrogens (tertiary/aromatic N) is 1. The number of sulfonamides is 2. The summed E-state index contributed by atoms with van der Waals surface area (Å²) in [5, 5.41) is 5.53. The lowest BCUT2D eigenvalue weighted by molar-refractivity contribution is -0.133. The van der Waals surface area contributed by atoms with Gasteiger partial charge in [-0.3, -0.25) is 19.1 Å². The van der Waals surface area contributed by atoms with Gasteiger partial charge in [0, 0.05) is 11.3 Å². The zero-order valence-electron chi connectivity index (χ0n) is 21.5. The minimum atomic E-state index is -4.45. The zero-order chi connectivity index (χ0) is 28.8. The first-order valence-corrected chi connectivity index (χ1v) is 15.4. The first-order valence-electron chi connectivity index (χ1n) is 12.1. The number of amides is 1. The molecular formula is C25H29N5O7S2. The Morgan fingerprint density at radius 2 is 1.87 bits per heavy atom. The normalized spacial score (nSPS) is 21.9. The lowest BCUT2D eigenvalue weighted by atomic mass is 9.67. The van der Waals surface area contributed by atoms with Crippen LogP contribution in [0, 0.1) is 11.8 Å². The number of benzene rings is 2. The fourth-order valence-electron chi connectivity index (χ4n) is 4.80. The minimum absolute atomic E-state index is 0.00350. The summed E-state index contributed by atoms with van der Waals surface area (Å²) in [6, 6.07) is 10.1. The van der Waals surface area contributed by atoms with E-state index in [1.54, 1.807) is 18.2 Å². The van der Waals surface area contributed by atoms with Gasteiger partial charge in [0.15, 0.2) is 11.6 Å². The van der Waals surface area contributed by atoms with E-state index in [1.807, 2.05) is 13.8 Å². The number of nitrogens with one attached hydrogen (secondary N) is 3. The number of carbonyl (C=O) groups is 3. The van der Waals surface area contributed by atoms with Crippen LogP contribution in [0.5, 0.6) is 0 Å². The molecule has 2 atom stereocenters. The summed E-state index contributed by atoms with van der Waals surface area (Å²) < 4.78 is 55.5. The number of carbonyl (C=O) groups excluding carboxylic acids is 3. The van der Waals surface area contributed by atoms with Gasteiger partial charge >= 0.3 is 0 Å². The Bertz CT molecular complexity index is 1620. The van der Waals surface area contributed by atoms with Crippen LogP contribution in [0.2, 0.25) is 0 Å². The summed E-state index contributed by atoms with van der Waals surface area (Å²) in [6.45, 7) is 3.50. The van der Waals surface area contributed by atoms with E-state index in [1.165, 1.54) is 18.2 Å². The Balaban J connectivity index is 1.86. The Hall–Kier alpha value is -3.62. The second kappa shape index (κ2) is 10.2. The van der Waals surface area contributed by atoms with Crippen LogP contribution in [0.3, 0.4) is 0 Å². The predicted molar refractivity (Wildman–Crippen MR) is 145 cm³/mol. The van der Waals surface area contributed by atoms with Crippen LogP contribution in [0.15, 0.2) is 51.8 Å². The van der Waals surface area contributed by atoms with Crippen molar-refractivity contribution in [3.05, 3.63) is 53.6 Å². The van der Waals surface area contributed by atoms with Gasteiger partial charge in [-0.2, -0.15) is 8.42 Å². The van der Waals surface area contributed by atoms with Crippen LogP contribution in [-0.2, 0) is 35.2 Å². The maximum atomic E-state index is 14.2. The average Bonchev–Trinajstić information content (AvgIpc) is 2.85. The van der Waals surface area contributed by atoms with Gasteiger partial charge in [0.25, 0.3) is 10.0 Å². The Labute approximate surface area is 226 Å². The van der Waals surface area contributed by atoms with Crippen LogP contribution >= 0.6 is 0 Å². The molecule has 0 saturated carbocycles. The summed E-state index contributed by atoms with van der Waals surface area (Å²) in [5.41, 5.74) is 4.40. The van der Waals surface area contributed by atoms with Crippen molar-refractivity contribution in [3.8, 4) is 0 Å². The van der Waals surface area contributed by atoms with Gasteiger partial charge in [-0.1, -0.05) is 38.1 Å². The van der Waals surface area contributed by atoms with E-state index in [2.05, 4.69) is 19.8 Å². The monoisotopic (exact) mass is 575 g/mol. The Kier molecular flexibility index (Phi) is 7.40. The van der Waals surface area contributed by atoms with E-state index >= 15 is 0 Å². The van der Waals surface area contributed by atoms with Crippen molar-refractivity contribution < 1.29 is 31.2 Å². The molecule has 12 nitrogen and oxygen atoms in total. The van der Waals surface area contributed by atoms with Gasteiger partial charge in [0.2, 0.25) is 15.9 Å². The van der Waals surface area contributed by atoms with Crippen molar-refractivity contribution in [2.24, 2.45) is 22.0 Å². The number of hydrogen-bond acceptors (Lipinski definition) is 9. The molecule has 2 aromatic rings. The molecule has 2 aliphatic rings. The fourth-order valence-corrected chi connectivity index (χ4v) is 6.53. The second-order valence-electron chi connectivity index (χ2n) is 9.96. The highest BCUT2D eigenvalue weighted by Crippen LogP contribution is 2.41. The van der Waals surface area contributed by atoms with Gasteiger partial charge in [0.1, 0.15) is 22.2 Å². The first kappa shape index (κ1) is 28.4. The summed E-state index contributed by atoms with van der Waals surface area (Å²) in [5.74, 6) is -3.95. The highest BCUT2D eigenvalue weighted by molar-refractivity contribution is 7.92. The number of Topliss-reactive ketones (excluding diaryl/α,β-unsaturated/α-hetero) is 2. The molecule has 2 aromatic carbocycles. The third kappa shape index (κ3) is 5.44. The van der Waals surface area contributed by atoms with Crippen LogP contribution < -0.4 is 21.1 Å². The first-order chi connectivity index (χ1) is 18.2. The van der Waals surface area contributed by atoms with Crippen LogP contribution in [0.1, 0.15) is 42.6 Å². The molecule has 1 heterocycles. The van der Waals surface area contributed by atoms with E-state index in [-0.39, 0.29) is 34.2 Å². The van der Waals surface area contributed by atoms with Gasteiger partial charge in [-0.05, 0) is 42.5 Å². The fraction of sp³-hybridized carbons (Fsp3) is 0.360. The van der Waals surface area contributed by atoms with E-state index in [9.17, 15) is 31.2 Å². The van der Waals surface area contributed by atoms with Crippen molar-refractivity contribution in [2.45, 2.75) is 37.1 Å². The standard InChI is InChI=1S/C25H29N5O7S2/c1-14(2)10-11-25(28-20(31)13-26)17-7-5-4-6-16(17)22(32)21(23(25)33)24-27-18-9-8-15(29-38(3,34)35)12-19(18)39(36,37)30-24/h4-9,12,14,21,29H,10-11,13,26H2,1-3H3,(H,27,30)(H,28,31). The van der Waals surface area contributed by atoms with Gasteiger partial charge < -0.3 is 16.4 Å². The molecule has 1 amide bonds. The predicted octanol–water partition coefficient (Wildman–Crippen LogP) is 1.36. The van der Waals surface area contributed by atoms with Crippen LogP contribution in [-0.4, -0.2) is 52.9 Å². The number of anilines is 2. The number of nitrogens with two attached hydrogens (primary N) is 1. The number of amidine groups is 1. The maximum Gasteiger partial charge on any atom is 0.286 e. The van der Waals surface area contributed by atoms with Crippen LogP contribution in [0.25, 0.3) is 0 Å². The van der Waals surface area contributed by atoms with E-state index in [0.29, 0.717) is 12.0 Å². The number of fused-ring (bicyclic) bond motifs is 2. The smallest absolute Gasteiger partial charge is 0.286 e. The molecule has 1 aliphatic carbocycles. The molecule has 39 heavy (non-hydrogen) atoms. The summed E-state index contributed by atoms with van der Waals surface area (Å²) in [6.07, 6.45) is 1.57. The molecule has 0 saturated heterocycles. The van der Waals surface area contributed by atoms with Gasteiger partial charge in [-0.15, -0.1) is 4.40 Å². The summed E-state index contributed by atoms with van der Waals surface area (Å²) >= 11 is 0. The topological polar surface area (TPSA) is 194 Å². The van der Waals surface area contributed by atoms with E-state index in [0.717, 1.165) is 12.3 Å². The number of rotatable bonds is 8. The number of hydrogen-bond donors (Lipinski definition) is 4. The molecule has 0 aromatic heterocycles. The summed E-state index contributed by atoms with van der Waals surface area (Å²) in [4.78, 5) is 40.2. The molecule has 0 bridgehead atoms. The van der Waals surface area contributed by atoms with Crippen molar-refractivity contribution in [1.29, 1.82) is 0 Å². The largest absolute Gasteiger partial charge is 0.341 e. The van der Waals surface area contributed by atoms with E-state index < -0.39 is 61.4 Å². The third-order valence-electron chi connectivity index (χ3n) is 6.55. The quantitative estimate of drug-likeness (QED) is 0.336. The van der Waals surface area contributed by atoms with Crippen molar-refractivity contribution in [2.75, 3.05) is 22.8 Å². The highest BCUT2D eigenvalue weighted by Gasteiger charge is 2.54. The third-order valence-corrected chi connectivity index (χ3v) is 8.49. The highest BCUT2D eigenvalue weighted by atomic mass is 32.2. The Morgan fingerprint density at radius 1 is 1.18 bits per heavy atom. The lowest BCUT2D eigenvalue weighted by Crippen LogP contribution is -2.61. The SMILES string of the molecule is CC(C)CCC1(NC(=O)CN)C(=O)C(C2=NS(=O)(=O)c3cc(NS(C)(=O)=O)ccc3N2)C(=O)c2ccccc21. The molecule has 0 radical (unpaired) electrons. The minimum Gasteiger partial charge on any atom is -0.341 e.